The Hall–Kier alpha value is -3.45. The van der Waals surface area contributed by atoms with E-state index in [9.17, 15) is 19.5 Å². The van der Waals surface area contributed by atoms with Crippen molar-refractivity contribution < 1.29 is 24.6 Å². The van der Waals surface area contributed by atoms with Crippen LogP contribution in [0.5, 0.6) is 5.75 Å². The summed E-state index contributed by atoms with van der Waals surface area (Å²) in [5, 5.41) is 21.0. The van der Waals surface area contributed by atoms with E-state index in [4.69, 9.17) is 5.11 Å². The molecular formula is C19H16N2O5. The maximum absolute atomic E-state index is 12.4. The van der Waals surface area contributed by atoms with E-state index in [0.29, 0.717) is 16.8 Å². The molecule has 0 saturated heterocycles. The lowest BCUT2D eigenvalue weighted by Crippen LogP contribution is -2.34. The molecule has 0 atom stereocenters. The number of β-amino-alcohol motifs (C(OH)–C–C–N with tert-alkyl or cyclic N) is 1. The van der Waals surface area contributed by atoms with Crippen molar-refractivity contribution in [2.24, 2.45) is 0 Å². The van der Waals surface area contributed by atoms with Gasteiger partial charge in [0.05, 0.1) is 13.2 Å². The van der Waals surface area contributed by atoms with E-state index >= 15 is 0 Å². The van der Waals surface area contributed by atoms with Crippen molar-refractivity contribution >= 4 is 23.3 Å². The molecule has 132 valence electrons. The first-order valence-corrected chi connectivity index (χ1v) is 7.89. The number of phenolic OH excluding ortho intramolecular Hbond substituents is 1. The summed E-state index contributed by atoms with van der Waals surface area (Å²) in [6, 6.07) is 12.4. The Labute approximate surface area is 149 Å². The third-order valence-electron chi connectivity index (χ3n) is 3.89. The van der Waals surface area contributed by atoms with Crippen molar-refractivity contribution in [1.82, 2.24) is 4.90 Å². The zero-order chi connectivity index (χ0) is 18.7. The number of phenols is 1. The van der Waals surface area contributed by atoms with Crippen molar-refractivity contribution in [3.05, 3.63) is 71.4 Å². The number of imide groups is 1. The Balaban J connectivity index is 1.71. The Morgan fingerprint density at radius 2 is 1.54 bits per heavy atom. The molecule has 2 aromatic rings. The third-order valence-corrected chi connectivity index (χ3v) is 3.89. The fourth-order valence-corrected chi connectivity index (χ4v) is 2.55. The van der Waals surface area contributed by atoms with Crippen LogP contribution in [0.4, 0.5) is 5.69 Å². The summed E-state index contributed by atoms with van der Waals surface area (Å²) in [7, 11) is 0. The fraction of sp³-hybridized carbons (Fsp3) is 0.105. The second-order valence-corrected chi connectivity index (χ2v) is 5.65. The summed E-state index contributed by atoms with van der Waals surface area (Å²) >= 11 is 0. The molecule has 1 heterocycles. The Morgan fingerprint density at radius 3 is 2.12 bits per heavy atom. The number of nitrogens with zero attached hydrogens (tertiary/aromatic N) is 1. The van der Waals surface area contributed by atoms with E-state index in [1.165, 1.54) is 30.3 Å². The number of benzene rings is 2. The van der Waals surface area contributed by atoms with Gasteiger partial charge < -0.3 is 15.5 Å². The summed E-state index contributed by atoms with van der Waals surface area (Å²) < 4.78 is 0. The van der Waals surface area contributed by atoms with E-state index in [0.717, 1.165) is 4.90 Å². The van der Waals surface area contributed by atoms with Crippen molar-refractivity contribution in [2.45, 2.75) is 0 Å². The molecule has 0 bridgehead atoms. The molecule has 1 aliphatic heterocycles. The van der Waals surface area contributed by atoms with E-state index < -0.39 is 11.8 Å². The summed E-state index contributed by atoms with van der Waals surface area (Å²) in [4.78, 5) is 37.1. The molecule has 3 N–H and O–H groups in total. The minimum atomic E-state index is -0.506. The van der Waals surface area contributed by atoms with Gasteiger partial charge >= 0.3 is 0 Å². The van der Waals surface area contributed by atoms with Gasteiger partial charge in [0.15, 0.2) is 5.78 Å². The lowest BCUT2D eigenvalue weighted by atomic mass is 10.0. The van der Waals surface area contributed by atoms with Gasteiger partial charge in [-0.1, -0.05) is 0 Å². The highest BCUT2D eigenvalue weighted by atomic mass is 16.3. The molecule has 7 nitrogen and oxygen atoms in total. The van der Waals surface area contributed by atoms with Crippen LogP contribution < -0.4 is 5.32 Å². The summed E-state index contributed by atoms with van der Waals surface area (Å²) in [5.74, 6) is -1.10. The number of carbonyl (C=O) groups excluding carboxylic acids is 3. The minimum absolute atomic E-state index is 0.0561. The first kappa shape index (κ1) is 17.4. The second-order valence-electron chi connectivity index (χ2n) is 5.65. The molecule has 0 saturated carbocycles. The average Bonchev–Trinajstić information content (AvgIpc) is 2.90. The first-order valence-electron chi connectivity index (χ1n) is 7.89. The standard InChI is InChI=1S/C19H16N2O5/c22-10-9-21-17(24)11-16(19(21)26)20-14-5-1-12(2-6-14)18(25)13-3-7-15(23)8-4-13/h1-8,11,20,22-23H,9-10H2. The summed E-state index contributed by atoms with van der Waals surface area (Å²) in [6.07, 6.45) is 1.17. The lowest BCUT2D eigenvalue weighted by molar-refractivity contribution is -0.137. The maximum Gasteiger partial charge on any atom is 0.277 e. The number of carbonyl (C=O) groups is 3. The molecule has 0 radical (unpaired) electrons. The number of aliphatic hydroxyl groups is 1. The van der Waals surface area contributed by atoms with Gasteiger partial charge in [0.25, 0.3) is 11.8 Å². The number of ketones is 1. The number of anilines is 1. The molecule has 26 heavy (non-hydrogen) atoms. The smallest absolute Gasteiger partial charge is 0.277 e. The number of hydrogen-bond donors (Lipinski definition) is 3. The van der Waals surface area contributed by atoms with Crippen LogP contribution in [0.2, 0.25) is 0 Å². The molecule has 0 unspecified atom stereocenters. The number of aliphatic hydroxyl groups excluding tert-OH is 1. The Bertz CT molecular complexity index is 885. The molecule has 2 aromatic carbocycles. The monoisotopic (exact) mass is 352 g/mol. The van der Waals surface area contributed by atoms with Crippen molar-refractivity contribution in [3.63, 3.8) is 0 Å². The molecular weight excluding hydrogens is 336 g/mol. The number of rotatable bonds is 6. The highest BCUT2D eigenvalue weighted by Crippen LogP contribution is 2.19. The van der Waals surface area contributed by atoms with Crippen LogP contribution in [0.1, 0.15) is 15.9 Å². The highest BCUT2D eigenvalue weighted by molar-refractivity contribution is 6.17. The van der Waals surface area contributed by atoms with Gasteiger partial charge in [-0.25, -0.2) is 0 Å². The predicted molar refractivity (Wildman–Crippen MR) is 93.5 cm³/mol. The van der Waals surface area contributed by atoms with Gasteiger partial charge in [-0.15, -0.1) is 0 Å². The molecule has 0 aliphatic carbocycles. The molecule has 0 fully saturated rings. The van der Waals surface area contributed by atoms with Gasteiger partial charge in [-0.2, -0.15) is 0 Å². The Kier molecular flexibility index (Phi) is 4.81. The van der Waals surface area contributed by atoms with Crippen molar-refractivity contribution in [1.29, 1.82) is 0 Å². The Morgan fingerprint density at radius 1 is 0.962 bits per heavy atom. The maximum atomic E-state index is 12.4. The molecule has 1 aliphatic rings. The van der Waals surface area contributed by atoms with Gasteiger partial charge in [-0.05, 0) is 48.5 Å². The van der Waals surface area contributed by atoms with Crippen LogP contribution in [0.15, 0.2) is 60.3 Å². The second kappa shape index (κ2) is 7.20. The predicted octanol–water partition coefficient (Wildman–Crippen LogP) is 1.28. The number of nitrogens with one attached hydrogen (secondary N) is 1. The average molecular weight is 352 g/mol. The molecule has 7 heteroatoms. The number of amides is 2. The molecule has 2 amide bonds. The van der Waals surface area contributed by atoms with Crippen LogP contribution in [0.3, 0.4) is 0 Å². The minimum Gasteiger partial charge on any atom is -0.508 e. The van der Waals surface area contributed by atoms with Gasteiger partial charge in [0, 0.05) is 22.9 Å². The van der Waals surface area contributed by atoms with Crippen LogP contribution in [0, 0.1) is 0 Å². The quantitative estimate of drug-likeness (QED) is 0.534. The lowest BCUT2D eigenvalue weighted by Gasteiger charge is -2.13. The zero-order valence-corrected chi connectivity index (χ0v) is 13.7. The highest BCUT2D eigenvalue weighted by Gasteiger charge is 2.30. The van der Waals surface area contributed by atoms with E-state index in [1.54, 1.807) is 24.3 Å². The zero-order valence-electron chi connectivity index (χ0n) is 13.7. The van der Waals surface area contributed by atoms with Crippen LogP contribution >= 0.6 is 0 Å². The SMILES string of the molecule is O=C(c1ccc(O)cc1)c1ccc(NC2=CC(=O)N(CCO)C2=O)cc1. The van der Waals surface area contributed by atoms with Crippen molar-refractivity contribution in [3.8, 4) is 5.75 Å². The van der Waals surface area contributed by atoms with Crippen LogP contribution in [0.25, 0.3) is 0 Å². The van der Waals surface area contributed by atoms with Crippen LogP contribution in [-0.4, -0.2) is 45.9 Å². The van der Waals surface area contributed by atoms with E-state index in [-0.39, 0.29) is 30.4 Å². The fourth-order valence-electron chi connectivity index (χ4n) is 2.55. The normalized spacial score (nSPS) is 13.7. The number of aromatic hydroxyl groups is 1. The topological polar surface area (TPSA) is 107 Å². The van der Waals surface area contributed by atoms with E-state index in [1.807, 2.05) is 0 Å². The number of hydrogen-bond acceptors (Lipinski definition) is 6. The van der Waals surface area contributed by atoms with Crippen LogP contribution in [-0.2, 0) is 9.59 Å². The van der Waals surface area contributed by atoms with E-state index in [2.05, 4.69) is 5.32 Å². The largest absolute Gasteiger partial charge is 0.508 e. The first-order chi connectivity index (χ1) is 12.5. The van der Waals surface area contributed by atoms with Gasteiger partial charge in [0.2, 0.25) is 0 Å². The van der Waals surface area contributed by atoms with Gasteiger partial charge in [-0.3, -0.25) is 19.3 Å². The summed E-state index contributed by atoms with van der Waals surface area (Å²) in [6.45, 7) is -0.355. The molecule has 3 rings (SSSR count). The van der Waals surface area contributed by atoms with Crippen molar-refractivity contribution in [2.75, 3.05) is 18.5 Å². The molecule has 0 aromatic heterocycles. The summed E-state index contributed by atoms with van der Waals surface area (Å²) in [5.41, 5.74) is 1.56. The third kappa shape index (κ3) is 3.47. The van der Waals surface area contributed by atoms with Gasteiger partial charge in [0.1, 0.15) is 11.4 Å². The molecule has 0 spiro atoms.